The Balaban J connectivity index is 3.26. The molecule has 1 fully saturated rings. The summed E-state index contributed by atoms with van der Waals surface area (Å²) in [6.07, 6.45) is -2.94. The second kappa shape index (κ2) is 23.6. The number of likely N-dealkylation sites (tertiary alicyclic amines) is 1. The Morgan fingerprint density at radius 2 is 1.04 bits per heavy atom. The van der Waals surface area contributed by atoms with Crippen LogP contribution in [0.4, 0.5) is 0 Å². The van der Waals surface area contributed by atoms with E-state index < -0.39 is 147 Å². The van der Waals surface area contributed by atoms with Crippen LogP contribution in [0.25, 0.3) is 0 Å². The number of carbonyl (C=O) groups is 11. The Labute approximate surface area is 320 Å². The van der Waals surface area contributed by atoms with Crippen LogP contribution in [-0.2, 0) is 52.7 Å². The summed E-state index contributed by atoms with van der Waals surface area (Å²) in [6.45, 7) is -2.04. The number of imide groups is 1. The summed E-state index contributed by atoms with van der Waals surface area (Å²) in [5, 5.41) is 50.5. The van der Waals surface area contributed by atoms with Gasteiger partial charge in [0.15, 0.2) is 0 Å². The van der Waals surface area contributed by atoms with Crippen LogP contribution in [0.3, 0.4) is 0 Å². The summed E-state index contributed by atoms with van der Waals surface area (Å²) >= 11 is 1.57. The Morgan fingerprint density at radius 1 is 0.630 bits per heavy atom. The molecule has 0 aromatic carbocycles. The lowest BCUT2D eigenvalue weighted by Crippen LogP contribution is -2.61. The third kappa shape index (κ3) is 15.9. The van der Waals surface area contributed by atoms with Crippen molar-refractivity contribution in [2.24, 2.45) is 5.73 Å². The van der Waals surface area contributed by atoms with Crippen LogP contribution >= 0.6 is 22.9 Å². The summed E-state index contributed by atoms with van der Waals surface area (Å²) in [4.78, 5) is 136. The number of hydrogen-bond donors (Lipinski definition) is 12. The quantitative estimate of drug-likeness (QED) is 0.0219. The first kappa shape index (κ1) is 47.0. The van der Waals surface area contributed by atoms with E-state index in [1.54, 1.807) is 22.9 Å². The Kier molecular flexibility index (Phi) is 20.5. The van der Waals surface area contributed by atoms with Gasteiger partial charge in [0, 0.05) is 74.6 Å². The largest absolute Gasteiger partial charge is 0.481 e. The average Bonchev–Trinajstić information content (AvgIpc) is 3.43. The van der Waals surface area contributed by atoms with E-state index in [1.165, 1.54) is 7.05 Å². The minimum absolute atomic E-state index is 0.159. The maximum Gasteiger partial charge on any atom is 0.328 e. The molecule has 13 N–H and O–H groups in total. The van der Waals surface area contributed by atoms with Crippen molar-refractivity contribution in [1.29, 1.82) is 0 Å². The molecule has 54 heavy (non-hydrogen) atoms. The molecule has 0 radical (unpaired) electrons. The topological polar surface area (TPSA) is 382 Å². The first-order valence-electron chi connectivity index (χ1n) is 16.3. The molecule has 0 unspecified atom stereocenters. The highest BCUT2D eigenvalue weighted by Gasteiger charge is 2.39. The predicted octanol–water partition coefficient (Wildman–Crippen LogP) is -5.28. The molecule has 1 aliphatic heterocycles. The lowest BCUT2D eigenvalue weighted by Gasteiger charge is -2.27. The molecular formula is C29H44IN9O15. The molecular weight excluding hydrogens is 841 g/mol. The third-order valence-electron chi connectivity index (χ3n) is 7.82. The van der Waals surface area contributed by atoms with Crippen molar-refractivity contribution in [3.63, 3.8) is 0 Å². The standard InChI is InChI=1S/C29H44IN9O15/c1-32-13(2-7-21(42)43)25(49)37-17(29(53)54)12-33-24(48)14(3-8-22(44)45)35-27(51)16(36-26(50)15(38-30)4-9-23(46)47)11-34-28(52)18(10-31)39-19(40)5-6-20(39)41/h13-18,32,38H,2-12,31H2,1H3,(H,33,48)(H,34,52)(H,35,51)(H,36,50)(H,37,49)(H,42,43)(H,44,45)(H,46,47)(H,53,54)/t13-,14-,15-,16-,17-,18-/m0/s1. The summed E-state index contributed by atoms with van der Waals surface area (Å²) in [5.74, 6) is -11.9. The van der Waals surface area contributed by atoms with E-state index in [9.17, 15) is 63.0 Å². The second-order valence-corrected chi connectivity index (χ2v) is 12.3. The van der Waals surface area contributed by atoms with Gasteiger partial charge in [0.25, 0.3) is 0 Å². The van der Waals surface area contributed by atoms with Gasteiger partial charge in [0.1, 0.15) is 24.2 Å². The summed E-state index contributed by atoms with van der Waals surface area (Å²) in [7, 11) is 1.33. The highest BCUT2D eigenvalue weighted by molar-refractivity contribution is 14.1. The molecule has 1 saturated heterocycles. The first-order valence-corrected chi connectivity index (χ1v) is 17.4. The molecule has 0 aromatic heterocycles. The van der Waals surface area contributed by atoms with Gasteiger partial charge in [-0.05, 0) is 26.3 Å². The van der Waals surface area contributed by atoms with Crippen molar-refractivity contribution < 1.29 is 73.2 Å². The van der Waals surface area contributed by atoms with Gasteiger partial charge in [-0.25, -0.2) is 8.32 Å². The number of nitrogens with two attached hydrogens (primary N) is 1. The van der Waals surface area contributed by atoms with E-state index in [0.717, 1.165) is 0 Å². The zero-order valence-corrected chi connectivity index (χ0v) is 31.1. The lowest BCUT2D eigenvalue weighted by molar-refractivity contribution is -0.146. The summed E-state index contributed by atoms with van der Waals surface area (Å²) < 4.78 is 2.54. The normalized spacial score (nSPS) is 15.8. The number of nitrogens with zero attached hydrogens (tertiary/aromatic N) is 1. The van der Waals surface area contributed by atoms with Crippen molar-refractivity contribution in [2.45, 2.75) is 87.6 Å². The fourth-order valence-corrected chi connectivity index (χ4v) is 5.45. The summed E-state index contributed by atoms with van der Waals surface area (Å²) in [6, 6.07) is -9.02. The summed E-state index contributed by atoms with van der Waals surface area (Å²) in [5.41, 5.74) is 5.65. The molecule has 6 atom stereocenters. The van der Waals surface area contributed by atoms with Gasteiger partial charge < -0.3 is 58.1 Å². The molecule has 0 aliphatic carbocycles. The number of rotatable bonds is 26. The zero-order chi connectivity index (χ0) is 41.1. The maximum absolute atomic E-state index is 13.6. The number of halogens is 1. The number of likely N-dealkylation sites (N-methyl/N-ethyl adjacent to an activating group) is 1. The minimum atomic E-state index is -1.77. The van der Waals surface area contributed by atoms with Crippen molar-refractivity contribution in [2.75, 3.05) is 26.7 Å². The number of nitrogens with one attached hydrogen (secondary N) is 7. The van der Waals surface area contributed by atoms with E-state index in [-0.39, 0.29) is 25.7 Å². The van der Waals surface area contributed by atoms with Gasteiger partial charge in [0.2, 0.25) is 41.4 Å². The van der Waals surface area contributed by atoms with Crippen LogP contribution in [0, 0.1) is 0 Å². The molecule has 7 amide bonds. The fourth-order valence-electron chi connectivity index (χ4n) is 4.86. The molecule has 1 aliphatic rings. The van der Waals surface area contributed by atoms with Crippen LogP contribution in [0.5, 0.6) is 0 Å². The van der Waals surface area contributed by atoms with Crippen molar-refractivity contribution >= 4 is 88.1 Å². The van der Waals surface area contributed by atoms with Gasteiger partial charge in [0.05, 0.1) is 12.1 Å². The number of carboxylic acids is 4. The Morgan fingerprint density at radius 3 is 1.50 bits per heavy atom. The highest BCUT2D eigenvalue weighted by Crippen LogP contribution is 2.15. The van der Waals surface area contributed by atoms with E-state index >= 15 is 0 Å². The van der Waals surface area contributed by atoms with Crippen LogP contribution in [0.1, 0.15) is 51.4 Å². The van der Waals surface area contributed by atoms with E-state index in [0.29, 0.717) is 4.90 Å². The van der Waals surface area contributed by atoms with Gasteiger partial charge in [-0.15, -0.1) is 0 Å². The van der Waals surface area contributed by atoms with Crippen LogP contribution in [-0.4, -0.2) is 153 Å². The zero-order valence-electron chi connectivity index (χ0n) is 28.9. The number of amides is 7. The van der Waals surface area contributed by atoms with E-state index in [4.69, 9.17) is 15.9 Å². The molecule has 1 heterocycles. The monoisotopic (exact) mass is 885 g/mol. The van der Waals surface area contributed by atoms with E-state index in [2.05, 4.69) is 35.4 Å². The molecule has 0 aromatic rings. The average molecular weight is 886 g/mol. The molecule has 0 saturated carbocycles. The van der Waals surface area contributed by atoms with Gasteiger partial charge >= 0.3 is 23.9 Å². The first-order chi connectivity index (χ1) is 25.4. The molecule has 302 valence electrons. The fraction of sp³-hybridized carbons (Fsp3) is 0.621. The molecule has 1 rings (SSSR count). The molecule has 0 spiro atoms. The predicted molar refractivity (Wildman–Crippen MR) is 188 cm³/mol. The number of hydrogen-bond acceptors (Lipinski definition) is 14. The van der Waals surface area contributed by atoms with Crippen molar-refractivity contribution in [3.8, 4) is 0 Å². The van der Waals surface area contributed by atoms with Gasteiger partial charge in [-0.2, -0.15) is 0 Å². The molecule has 25 heteroatoms. The number of carboxylic acid groups (broad SMARTS) is 4. The number of carbonyl (C=O) groups excluding carboxylic acids is 7. The van der Waals surface area contributed by atoms with Crippen LogP contribution in [0.2, 0.25) is 0 Å². The number of aliphatic carboxylic acids is 4. The molecule has 24 nitrogen and oxygen atoms in total. The maximum atomic E-state index is 13.6. The molecule has 0 bridgehead atoms. The van der Waals surface area contributed by atoms with E-state index in [1.807, 2.05) is 0 Å². The Bertz CT molecular complexity index is 1430. The third-order valence-corrected chi connectivity index (χ3v) is 8.57. The van der Waals surface area contributed by atoms with Gasteiger partial charge in [-0.3, -0.25) is 52.8 Å². The van der Waals surface area contributed by atoms with Gasteiger partial charge in [-0.1, -0.05) is 0 Å². The smallest absolute Gasteiger partial charge is 0.328 e. The SMILES string of the molecule is CN[C@@H](CCC(=O)O)C(=O)N[C@@H](CNC(=O)[C@H](CCC(=O)O)NC(=O)[C@H](CNC(=O)[C@H](CN)N1C(=O)CCC1=O)NC(=O)[C@H](CCC(=O)O)NI)C(=O)O. The van der Waals surface area contributed by atoms with Crippen LogP contribution < -0.4 is 41.2 Å². The van der Waals surface area contributed by atoms with Crippen molar-refractivity contribution in [3.05, 3.63) is 0 Å². The van der Waals surface area contributed by atoms with Crippen LogP contribution in [0.15, 0.2) is 0 Å². The highest BCUT2D eigenvalue weighted by atomic mass is 127. The van der Waals surface area contributed by atoms with Crippen molar-refractivity contribution in [1.82, 2.24) is 40.3 Å². The second-order valence-electron chi connectivity index (χ2n) is 11.7. The lowest BCUT2D eigenvalue weighted by atomic mass is 10.1. The minimum Gasteiger partial charge on any atom is -0.481 e. The Hall–Kier alpha value is -5.02.